The Morgan fingerprint density at radius 3 is 2.38 bits per heavy atom. The van der Waals surface area contributed by atoms with Crippen molar-refractivity contribution in [2.75, 3.05) is 4.90 Å². The normalized spacial score (nSPS) is 27.1. The van der Waals surface area contributed by atoms with Gasteiger partial charge in [0.1, 0.15) is 5.75 Å². The largest absolute Gasteiger partial charge is 0.508 e. The van der Waals surface area contributed by atoms with Gasteiger partial charge in [0.25, 0.3) is 0 Å². The maximum absolute atomic E-state index is 13.8. The summed E-state index contributed by atoms with van der Waals surface area (Å²) < 4.78 is 0. The Kier molecular flexibility index (Phi) is 5.35. The van der Waals surface area contributed by atoms with Gasteiger partial charge in [-0.1, -0.05) is 35.4 Å². The maximum Gasteiger partial charge on any atom is 0.238 e. The number of phenolic OH excluding ortho intramolecular Hbond substituents is 1. The molecule has 7 heteroatoms. The van der Waals surface area contributed by atoms with Gasteiger partial charge >= 0.3 is 0 Å². The van der Waals surface area contributed by atoms with Gasteiger partial charge < -0.3 is 5.11 Å². The van der Waals surface area contributed by atoms with Crippen molar-refractivity contribution < 1.29 is 24.3 Å². The fourth-order valence-electron chi connectivity index (χ4n) is 6.46. The molecule has 1 saturated heterocycles. The quantitative estimate of drug-likeness (QED) is 0.347. The zero-order chi connectivity index (χ0) is 26.2. The summed E-state index contributed by atoms with van der Waals surface area (Å²) in [5, 5.41) is 10.6. The fourth-order valence-corrected chi connectivity index (χ4v) is 6.59. The number of carbonyl (C=O) groups excluding carboxylic acids is 4. The Labute approximate surface area is 218 Å². The van der Waals surface area contributed by atoms with Crippen LogP contribution in [0.3, 0.4) is 0 Å². The van der Waals surface area contributed by atoms with E-state index in [0.29, 0.717) is 39.4 Å². The molecule has 0 saturated carbocycles. The molecule has 1 heterocycles. The van der Waals surface area contributed by atoms with Gasteiger partial charge in [0.15, 0.2) is 11.6 Å². The van der Waals surface area contributed by atoms with Crippen LogP contribution in [0.25, 0.3) is 0 Å². The molecular weight excluding hydrogens is 490 g/mol. The average Bonchev–Trinajstić information content (AvgIpc) is 3.13. The molecule has 0 unspecified atom stereocenters. The average molecular weight is 514 g/mol. The Balaban J connectivity index is 1.49. The summed E-state index contributed by atoms with van der Waals surface area (Å²) in [5.74, 6) is -2.90. The first-order valence-electron chi connectivity index (χ1n) is 12.3. The number of Topliss-reactive ketones (excluding diaryl/α,β-unsaturated/α-hetero) is 1. The molecule has 2 amide bonds. The van der Waals surface area contributed by atoms with E-state index in [4.69, 9.17) is 11.6 Å². The van der Waals surface area contributed by atoms with Gasteiger partial charge in [-0.25, -0.2) is 0 Å². The van der Waals surface area contributed by atoms with E-state index in [0.717, 1.165) is 11.1 Å². The Morgan fingerprint density at radius 2 is 1.68 bits per heavy atom. The van der Waals surface area contributed by atoms with Crippen LogP contribution in [0.2, 0.25) is 5.02 Å². The van der Waals surface area contributed by atoms with E-state index in [-0.39, 0.29) is 35.6 Å². The second kappa shape index (κ2) is 8.38. The number of rotatable bonds is 2. The van der Waals surface area contributed by atoms with Crippen LogP contribution in [-0.4, -0.2) is 28.5 Å². The van der Waals surface area contributed by atoms with Crippen molar-refractivity contribution in [3.63, 3.8) is 0 Å². The molecule has 3 aliphatic carbocycles. The lowest BCUT2D eigenvalue weighted by Crippen LogP contribution is -2.39. The van der Waals surface area contributed by atoms with Gasteiger partial charge in [-0.05, 0) is 80.1 Å². The highest BCUT2D eigenvalue weighted by molar-refractivity contribution is 6.31. The third-order valence-electron chi connectivity index (χ3n) is 8.20. The van der Waals surface area contributed by atoms with Crippen LogP contribution < -0.4 is 4.90 Å². The number of ketones is 2. The summed E-state index contributed by atoms with van der Waals surface area (Å²) in [5.41, 5.74) is 4.02. The lowest BCUT2D eigenvalue weighted by atomic mass is 9.59. The van der Waals surface area contributed by atoms with E-state index in [2.05, 4.69) is 0 Å². The van der Waals surface area contributed by atoms with Crippen molar-refractivity contribution in [2.24, 2.45) is 17.8 Å². The maximum atomic E-state index is 13.8. The summed E-state index contributed by atoms with van der Waals surface area (Å²) >= 11 is 6.02. The molecule has 1 fully saturated rings. The minimum absolute atomic E-state index is 0.139. The smallest absolute Gasteiger partial charge is 0.238 e. The molecule has 4 aliphatic rings. The number of carbonyl (C=O) groups is 4. The highest BCUT2D eigenvalue weighted by atomic mass is 35.5. The van der Waals surface area contributed by atoms with Crippen LogP contribution in [0.15, 0.2) is 76.9 Å². The molecule has 0 radical (unpaired) electrons. The minimum Gasteiger partial charge on any atom is -0.508 e. The van der Waals surface area contributed by atoms with E-state index in [9.17, 15) is 24.3 Å². The van der Waals surface area contributed by atoms with E-state index >= 15 is 0 Å². The summed E-state index contributed by atoms with van der Waals surface area (Å²) in [7, 11) is 0. The fraction of sp³-hybridized carbons (Fsp3) is 0.267. The molecule has 2 aromatic carbocycles. The predicted octanol–water partition coefficient (Wildman–Crippen LogP) is 4.99. The molecule has 0 spiro atoms. The third kappa shape index (κ3) is 3.46. The van der Waals surface area contributed by atoms with Crippen molar-refractivity contribution in [1.82, 2.24) is 0 Å². The molecule has 186 valence electrons. The topological polar surface area (TPSA) is 91.8 Å². The molecule has 4 atom stereocenters. The van der Waals surface area contributed by atoms with Crippen LogP contribution in [-0.2, 0) is 19.2 Å². The van der Waals surface area contributed by atoms with Gasteiger partial charge in [0, 0.05) is 27.7 Å². The van der Waals surface area contributed by atoms with Crippen molar-refractivity contribution in [3.05, 3.63) is 93.1 Å². The number of nitrogens with zero attached hydrogens (tertiary/aromatic N) is 1. The standard InChI is InChI=1S/C30H24ClNO5/c1-14-11-16(3-10-23(14)33)25-19-8-9-20-26(21(19)13-22-27(25)24(34)12-15(2)28(22)35)30(37)32(29(20)36)18-6-4-17(31)5-7-18/h3-8,10-12,20-21,25-26,33H,9,13H2,1-2H3/t20-,21+,25-,26-/m0/s1. The number of hydrogen-bond donors (Lipinski definition) is 1. The number of phenols is 1. The van der Waals surface area contributed by atoms with Crippen molar-refractivity contribution in [3.8, 4) is 5.75 Å². The number of halogens is 1. The van der Waals surface area contributed by atoms with Gasteiger partial charge in [-0.15, -0.1) is 0 Å². The highest BCUT2D eigenvalue weighted by Crippen LogP contribution is 2.55. The van der Waals surface area contributed by atoms with Crippen molar-refractivity contribution in [2.45, 2.75) is 32.6 Å². The van der Waals surface area contributed by atoms with Crippen LogP contribution in [0.5, 0.6) is 5.75 Å². The van der Waals surface area contributed by atoms with Crippen LogP contribution in [0.4, 0.5) is 5.69 Å². The monoisotopic (exact) mass is 513 g/mol. The molecule has 1 aliphatic heterocycles. The molecule has 6 nitrogen and oxygen atoms in total. The molecule has 0 bridgehead atoms. The number of fused-ring (bicyclic) bond motifs is 3. The SMILES string of the molecule is CC1=CC(=O)C2=C(C[C@@H]3C(=CC[C@@H]4C(=O)N(c5ccc(Cl)cc5)C(=O)[C@@H]43)[C@@H]2c2ccc(O)c(C)c2)C1=O. The third-order valence-corrected chi connectivity index (χ3v) is 8.45. The highest BCUT2D eigenvalue weighted by Gasteiger charge is 2.56. The number of allylic oxidation sites excluding steroid dienone is 6. The van der Waals surface area contributed by atoms with Gasteiger partial charge in [0.05, 0.1) is 17.5 Å². The zero-order valence-corrected chi connectivity index (χ0v) is 21.1. The predicted molar refractivity (Wildman–Crippen MR) is 138 cm³/mol. The summed E-state index contributed by atoms with van der Waals surface area (Å²) in [6.45, 7) is 3.41. The molecular formula is C30H24ClNO5. The van der Waals surface area contributed by atoms with E-state index in [1.807, 2.05) is 12.1 Å². The molecule has 1 N–H and O–H groups in total. The van der Waals surface area contributed by atoms with E-state index < -0.39 is 23.7 Å². The second-order valence-corrected chi connectivity index (χ2v) is 10.7. The van der Waals surface area contributed by atoms with Gasteiger partial charge in [-0.3, -0.25) is 24.1 Å². The van der Waals surface area contributed by atoms with Gasteiger partial charge in [0.2, 0.25) is 11.8 Å². The van der Waals surface area contributed by atoms with Crippen molar-refractivity contribution >= 4 is 40.7 Å². The first-order valence-corrected chi connectivity index (χ1v) is 12.7. The molecule has 37 heavy (non-hydrogen) atoms. The number of anilines is 1. The number of hydrogen-bond acceptors (Lipinski definition) is 5. The van der Waals surface area contributed by atoms with Crippen molar-refractivity contribution in [1.29, 1.82) is 0 Å². The van der Waals surface area contributed by atoms with Crippen LogP contribution in [0, 0.1) is 24.7 Å². The Bertz CT molecular complexity index is 1510. The molecule has 2 aromatic rings. The van der Waals surface area contributed by atoms with E-state index in [1.54, 1.807) is 50.2 Å². The summed E-state index contributed by atoms with van der Waals surface area (Å²) in [4.78, 5) is 55.2. The first-order chi connectivity index (χ1) is 17.7. The van der Waals surface area contributed by atoms with Crippen LogP contribution in [0.1, 0.15) is 36.8 Å². The zero-order valence-electron chi connectivity index (χ0n) is 20.3. The van der Waals surface area contributed by atoms with E-state index in [1.165, 1.54) is 11.0 Å². The Hall–Kier alpha value is -3.77. The number of aryl methyl sites for hydroxylation is 1. The lowest BCUT2D eigenvalue weighted by molar-refractivity contribution is -0.123. The Morgan fingerprint density at radius 1 is 0.946 bits per heavy atom. The number of benzene rings is 2. The second-order valence-electron chi connectivity index (χ2n) is 10.3. The first kappa shape index (κ1) is 23.6. The summed E-state index contributed by atoms with van der Waals surface area (Å²) in [6.07, 6.45) is 3.99. The molecule has 0 aromatic heterocycles. The van der Waals surface area contributed by atoms with Gasteiger partial charge in [-0.2, -0.15) is 0 Å². The lowest BCUT2D eigenvalue weighted by Gasteiger charge is -2.42. The molecule has 6 rings (SSSR count). The summed E-state index contributed by atoms with van der Waals surface area (Å²) in [6, 6.07) is 11.8. The number of amides is 2. The number of imide groups is 1. The van der Waals surface area contributed by atoms with Crippen LogP contribution >= 0.6 is 11.6 Å². The number of aromatic hydroxyl groups is 1. The minimum atomic E-state index is -0.632.